The van der Waals surface area contributed by atoms with Gasteiger partial charge in [0.05, 0.1) is 0 Å². The van der Waals surface area contributed by atoms with Gasteiger partial charge in [0, 0.05) is 6.42 Å². The molecule has 0 aromatic rings. The van der Waals surface area contributed by atoms with Crippen molar-refractivity contribution in [3.8, 4) is 0 Å². The third-order valence-corrected chi connectivity index (χ3v) is 5.24. The summed E-state index contributed by atoms with van der Waals surface area (Å²) in [5.74, 6) is 0.609. The fourth-order valence-corrected chi connectivity index (χ4v) is 3.77. The SMILES string of the molecule is CC1=CCCC(C(C)=C(C)C2(OO)CCC=C(C)C2)C1. The molecule has 0 aromatic heterocycles. The van der Waals surface area contributed by atoms with Crippen LogP contribution in [0.4, 0.5) is 0 Å². The minimum Gasteiger partial charge on any atom is -0.251 e. The van der Waals surface area contributed by atoms with Crippen LogP contribution in [0.25, 0.3) is 0 Å². The minimum absolute atomic E-state index is 0.488. The fraction of sp³-hybridized carbons (Fsp3) is 0.667. The van der Waals surface area contributed by atoms with Crippen LogP contribution in [-0.4, -0.2) is 10.9 Å². The van der Waals surface area contributed by atoms with E-state index in [0.29, 0.717) is 5.92 Å². The van der Waals surface area contributed by atoms with Crippen molar-refractivity contribution in [2.45, 2.75) is 71.8 Å². The molecule has 2 atom stereocenters. The molecule has 2 rings (SSSR count). The van der Waals surface area contributed by atoms with Crippen LogP contribution in [0, 0.1) is 5.92 Å². The van der Waals surface area contributed by atoms with E-state index in [1.54, 1.807) is 0 Å². The molecule has 0 saturated carbocycles. The summed E-state index contributed by atoms with van der Waals surface area (Å²) in [4.78, 5) is 5.04. The second-order valence-corrected chi connectivity index (χ2v) is 6.69. The van der Waals surface area contributed by atoms with E-state index >= 15 is 0 Å². The van der Waals surface area contributed by atoms with Crippen LogP contribution < -0.4 is 0 Å². The van der Waals surface area contributed by atoms with Crippen LogP contribution in [-0.2, 0) is 4.89 Å². The second kappa shape index (κ2) is 6.28. The predicted molar refractivity (Wildman–Crippen MR) is 83.5 cm³/mol. The number of hydrogen-bond donors (Lipinski definition) is 1. The summed E-state index contributed by atoms with van der Waals surface area (Å²) >= 11 is 0. The lowest BCUT2D eigenvalue weighted by molar-refractivity contribution is -0.313. The van der Waals surface area contributed by atoms with E-state index in [9.17, 15) is 5.26 Å². The number of hydrogen-bond acceptors (Lipinski definition) is 2. The molecule has 0 fully saturated rings. The second-order valence-electron chi connectivity index (χ2n) is 6.69. The average Bonchev–Trinajstić information content (AvgIpc) is 2.45. The van der Waals surface area contributed by atoms with Crippen LogP contribution in [0.3, 0.4) is 0 Å². The van der Waals surface area contributed by atoms with Crippen molar-refractivity contribution in [1.82, 2.24) is 0 Å². The molecule has 20 heavy (non-hydrogen) atoms. The van der Waals surface area contributed by atoms with Gasteiger partial charge in [0.2, 0.25) is 0 Å². The molecule has 2 unspecified atom stereocenters. The molecular weight excluding hydrogens is 248 g/mol. The minimum atomic E-state index is -0.488. The van der Waals surface area contributed by atoms with Gasteiger partial charge in [-0.05, 0) is 71.3 Å². The van der Waals surface area contributed by atoms with Gasteiger partial charge in [-0.15, -0.1) is 0 Å². The number of rotatable bonds is 3. The molecule has 0 radical (unpaired) electrons. The molecule has 112 valence electrons. The van der Waals surface area contributed by atoms with Crippen LogP contribution in [0.1, 0.15) is 66.2 Å². The van der Waals surface area contributed by atoms with Gasteiger partial charge in [-0.1, -0.05) is 28.9 Å². The van der Waals surface area contributed by atoms with Crippen molar-refractivity contribution < 1.29 is 10.1 Å². The van der Waals surface area contributed by atoms with Crippen LogP contribution in [0.5, 0.6) is 0 Å². The van der Waals surface area contributed by atoms with Gasteiger partial charge >= 0.3 is 0 Å². The van der Waals surface area contributed by atoms with Crippen molar-refractivity contribution in [3.63, 3.8) is 0 Å². The normalized spacial score (nSPS) is 32.4. The Balaban J connectivity index is 2.26. The summed E-state index contributed by atoms with van der Waals surface area (Å²) in [6.45, 7) is 8.73. The molecule has 0 heterocycles. The molecule has 0 bridgehead atoms. The summed E-state index contributed by atoms with van der Waals surface area (Å²) in [7, 11) is 0. The highest BCUT2D eigenvalue weighted by atomic mass is 17.1. The Morgan fingerprint density at radius 1 is 1.20 bits per heavy atom. The van der Waals surface area contributed by atoms with E-state index in [-0.39, 0.29) is 0 Å². The van der Waals surface area contributed by atoms with E-state index < -0.39 is 5.60 Å². The van der Waals surface area contributed by atoms with Gasteiger partial charge in [-0.3, -0.25) is 5.26 Å². The van der Waals surface area contributed by atoms with E-state index in [2.05, 4.69) is 39.8 Å². The Labute approximate surface area is 123 Å². The Morgan fingerprint density at radius 2 is 1.90 bits per heavy atom. The molecule has 0 spiro atoms. The summed E-state index contributed by atoms with van der Waals surface area (Å²) < 4.78 is 0. The largest absolute Gasteiger partial charge is 0.251 e. The zero-order valence-electron chi connectivity index (χ0n) is 13.3. The lowest BCUT2D eigenvalue weighted by atomic mass is 9.74. The third kappa shape index (κ3) is 3.07. The molecule has 0 aliphatic heterocycles. The van der Waals surface area contributed by atoms with Gasteiger partial charge in [-0.2, -0.15) is 0 Å². The highest BCUT2D eigenvalue weighted by Gasteiger charge is 2.37. The molecule has 2 aliphatic rings. The molecule has 2 aliphatic carbocycles. The fourth-order valence-electron chi connectivity index (χ4n) is 3.77. The van der Waals surface area contributed by atoms with Gasteiger partial charge in [0.1, 0.15) is 5.60 Å². The first-order chi connectivity index (χ1) is 9.48. The van der Waals surface area contributed by atoms with Crippen LogP contribution >= 0.6 is 0 Å². The topological polar surface area (TPSA) is 29.5 Å². The Hall–Kier alpha value is -0.860. The zero-order chi connectivity index (χ0) is 14.8. The maximum atomic E-state index is 9.56. The van der Waals surface area contributed by atoms with Crippen molar-refractivity contribution in [3.05, 3.63) is 34.4 Å². The molecule has 0 amide bonds. The molecule has 2 heteroatoms. The molecular formula is C18H28O2. The standard InChI is InChI=1S/C18H28O2/c1-13-7-5-9-17(11-13)15(3)16(4)18(20-19)10-6-8-14(2)12-18/h7-8,17,19H,5-6,9-12H2,1-4H3. The number of allylic oxidation sites excluding steroid dienone is 4. The van der Waals surface area contributed by atoms with E-state index in [1.165, 1.54) is 35.1 Å². The molecule has 2 nitrogen and oxygen atoms in total. The first-order valence-electron chi connectivity index (χ1n) is 7.80. The molecule has 0 aromatic carbocycles. The van der Waals surface area contributed by atoms with Gasteiger partial charge in [-0.25, -0.2) is 4.89 Å². The smallest absolute Gasteiger partial charge is 0.128 e. The summed E-state index contributed by atoms with van der Waals surface area (Å²) in [6, 6.07) is 0. The van der Waals surface area contributed by atoms with E-state index in [4.69, 9.17) is 4.89 Å². The highest BCUT2D eigenvalue weighted by molar-refractivity contribution is 5.29. The van der Waals surface area contributed by atoms with Crippen LogP contribution in [0.15, 0.2) is 34.4 Å². The quantitative estimate of drug-likeness (QED) is 0.423. The summed E-state index contributed by atoms with van der Waals surface area (Å²) in [6.07, 6.45) is 10.8. The van der Waals surface area contributed by atoms with E-state index in [1.807, 2.05) is 0 Å². The van der Waals surface area contributed by atoms with Crippen LogP contribution in [0.2, 0.25) is 0 Å². The Kier molecular flexibility index (Phi) is 4.87. The van der Waals surface area contributed by atoms with Gasteiger partial charge in [0.15, 0.2) is 0 Å². The van der Waals surface area contributed by atoms with Crippen molar-refractivity contribution in [2.75, 3.05) is 0 Å². The zero-order valence-corrected chi connectivity index (χ0v) is 13.3. The first kappa shape index (κ1) is 15.5. The van der Waals surface area contributed by atoms with Gasteiger partial charge < -0.3 is 0 Å². The summed E-state index contributed by atoms with van der Waals surface area (Å²) in [5, 5.41) is 9.56. The lowest BCUT2D eigenvalue weighted by Crippen LogP contribution is -2.36. The van der Waals surface area contributed by atoms with Gasteiger partial charge in [0.25, 0.3) is 0 Å². The Bertz CT molecular complexity index is 456. The van der Waals surface area contributed by atoms with Crippen molar-refractivity contribution >= 4 is 0 Å². The van der Waals surface area contributed by atoms with E-state index in [0.717, 1.165) is 25.7 Å². The highest BCUT2D eigenvalue weighted by Crippen LogP contribution is 2.41. The average molecular weight is 276 g/mol. The molecule has 0 saturated heterocycles. The third-order valence-electron chi connectivity index (χ3n) is 5.24. The molecule has 1 N–H and O–H groups in total. The monoisotopic (exact) mass is 276 g/mol. The first-order valence-corrected chi connectivity index (χ1v) is 7.80. The maximum Gasteiger partial charge on any atom is 0.128 e. The predicted octanol–water partition coefficient (Wildman–Crippen LogP) is 5.43. The van der Waals surface area contributed by atoms with Crippen molar-refractivity contribution in [1.29, 1.82) is 0 Å². The lowest BCUT2D eigenvalue weighted by Gasteiger charge is -2.37. The maximum absolute atomic E-state index is 9.56. The summed E-state index contributed by atoms with van der Waals surface area (Å²) in [5.41, 5.74) is 4.98. The van der Waals surface area contributed by atoms with Crippen molar-refractivity contribution in [2.24, 2.45) is 5.92 Å². The Morgan fingerprint density at radius 3 is 2.50 bits per heavy atom.